The molecule has 1 N–H and O–H groups in total. The molecule has 148 valence electrons. The Balaban J connectivity index is 1.78. The molecule has 1 aliphatic rings. The molecule has 0 fully saturated rings. The lowest BCUT2D eigenvalue weighted by Crippen LogP contribution is -2.30. The quantitative estimate of drug-likeness (QED) is 0.558. The third-order valence-corrected chi connectivity index (χ3v) is 5.17. The van der Waals surface area contributed by atoms with Gasteiger partial charge in [-0.05, 0) is 41.5 Å². The van der Waals surface area contributed by atoms with Gasteiger partial charge in [-0.1, -0.05) is 78.3 Å². The molecular weight excluding hydrogens is 398 g/mol. The third kappa shape index (κ3) is 3.78. The van der Waals surface area contributed by atoms with Gasteiger partial charge in [0.2, 0.25) is 0 Å². The summed E-state index contributed by atoms with van der Waals surface area (Å²) in [6, 6.07) is 24.5. The van der Waals surface area contributed by atoms with Crippen molar-refractivity contribution in [2.45, 2.75) is 6.04 Å². The summed E-state index contributed by atoms with van der Waals surface area (Å²) in [6.07, 6.45) is 3.04. The number of halogens is 1. The molecule has 0 aromatic heterocycles. The van der Waals surface area contributed by atoms with Gasteiger partial charge in [-0.15, -0.1) is 0 Å². The predicted molar refractivity (Wildman–Crippen MR) is 118 cm³/mol. The average Bonchev–Trinajstić information content (AvgIpc) is 3.04. The standard InChI is InChI=1S/C25H18ClNO3/c26-19-14-12-18(13-15-19)23-22(21(28)16-11-17-7-3-1-4-8-17)24(29)25(30)27(23)20-9-5-2-6-10-20/h1-16,23,29H/b16-11+. The van der Waals surface area contributed by atoms with E-state index in [0.717, 1.165) is 5.56 Å². The van der Waals surface area contributed by atoms with Crippen molar-refractivity contribution in [3.63, 3.8) is 0 Å². The highest BCUT2D eigenvalue weighted by atomic mass is 35.5. The van der Waals surface area contributed by atoms with E-state index in [1.165, 1.54) is 11.0 Å². The monoisotopic (exact) mass is 415 g/mol. The van der Waals surface area contributed by atoms with Crippen LogP contribution in [0.25, 0.3) is 6.08 Å². The first-order valence-corrected chi connectivity index (χ1v) is 9.78. The van der Waals surface area contributed by atoms with Crippen LogP contribution in [0, 0.1) is 0 Å². The molecule has 1 amide bonds. The van der Waals surface area contributed by atoms with Crippen molar-refractivity contribution in [1.29, 1.82) is 0 Å². The Labute approximate surface area is 179 Å². The number of carbonyl (C=O) groups is 2. The van der Waals surface area contributed by atoms with E-state index in [4.69, 9.17) is 11.6 Å². The highest BCUT2D eigenvalue weighted by molar-refractivity contribution is 6.30. The van der Waals surface area contributed by atoms with Crippen molar-refractivity contribution >= 4 is 35.1 Å². The van der Waals surface area contributed by atoms with E-state index in [9.17, 15) is 14.7 Å². The van der Waals surface area contributed by atoms with Crippen LogP contribution in [0.1, 0.15) is 17.2 Å². The summed E-state index contributed by atoms with van der Waals surface area (Å²) < 4.78 is 0. The van der Waals surface area contributed by atoms with Crippen LogP contribution in [-0.2, 0) is 9.59 Å². The van der Waals surface area contributed by atoms with E-state index in [1.54, 1.807) is 54.6 Å². The Bertz CT molecular complexity index is 1140. The minimum absolute atomic E-state index is 0.0401. The molecule has 0 spiro atoms. The zero-order chi connectivity index (χ0) is 21.1. The molecular formula is C25H18ClNO3. The molecule has 3 aromatic rings. The van der Waals surface area contributed by atoms with Crippen LogP contribution in [0.4, 0.5) is 5.69 Å². The molecule has 1 unspecified atom stereocenters. The molecule has 0 bridgehead atoms. The maximum absolute atomic E-state index is 13.1. The fraction of sp³-hybridized carbons (Fsp3) is 0.0400. The van der Waals surface area contributed by atoms with Gasteiger partial charge in [-0.3, -0.25) is 14.5 Å². The Hall–Kier alpha value is -3.63. The van der Waals surface area contributed by atoms with Crippen molar-refractivity contribution in [3.05, 3.63) is 118 Å². The van der Waals surface area contributed by atoms with Crippen molar-refractivity contribution < 1.29 is 14.7 Å². The molecule has 0 saturated carbocycles. The summed E-state index contributed by atoms with van der Waals surface area (Å²) in [4.78, 5) is 27.5. The van der Waals surface area contributed by atoms with Crippen LogP contribution in [0.3, 0.4) is 0 Å². The summed E-state index contributed by atoms with van der Waals surface area (Å²) in [7, 11) is 0. The van der Waals surface area contributed by atoms with Gasteiger partial charge in [0.1, 0.15) is 0 Å². The number of para-hydroxylation sites is 1. The van der Waals surface area contributed by atoms with Gasteiger partial charge in [-0.2, -0.15) is 0 Å². The van der Waals surface area contributed by atoms with E-state index in [-0.39, 0.29) is 5.57 Å². The lowest BCUT2D eigenvalue weighted by atomic mass is 9.95. The minimum Gasteiger partial charge on any atom is -0.503 e. The van der Waals surface area contributed by atoms with Crippen molar-refractivity contribution in [2.75, 3.05) is 4.90 Å². The second-order valence-electron chi connectivity index (χ2n) is 6.84. The number of nitrogens with zero attached hydrogens (tertiary/aromatic N) is 1. The first kappa shape index (κ1) is 19.7. The summed E-state index contributed by atoms with van der Waals surface area (Å²) in [5, 5.41) is 11.2. The number of hydrogen-bond acceptors (Lipinski definition) is 3. The lowest BCUT2D eigenvalue weighted by molar-refractivity contribution is -0.117. The maximum atomic E-state index is 13.1. The number of carbonyl (C=O) groups excluding carboxylic acids is 2. The molecule has 0 saturated heterocycles. The first-order chi connectivity index (χ1) is 14.6. The van der Waals surface area contributed by atoms with Crippen molar-refractivity contribution in [1.82, 2.24) is 0 Å². The summed E-state index contributed by atoms with van der Waals surface area (Å²) in [5.41, 5.74) is 2.15. The van der Waals surface area contributed by atoms with Crippen LogP contribution in [0.5, 0.6) is 0 Å². The zero-order valence-corrected chi connectivity index (χ0v) is 16.7. The van der Waals surface area contributed by atoms with Crippen LogP contribution in [-0.4, -0.2) is 16.8 Å². The normalized spacial score (nSPS) is 16.5. The number of aliphatic hydroxyl groups excluding tert-OH is 1. The smallest absolute Gasteiger partial charge is 0.294 e. The van der Waals surface area contributed by atoms with E-state index in [2.05, 4.69) is 0 Å². The van der Waals surface area contributed by atoms with Crippen molar-refractivity contribution in [3.8, 4) is 0 Å². The van der Waals surface area contributed by atoms with Gasteiger partial charge in [0, 0.05) is 10.7 Å². The minimum atomic E-state index is -0.759. The molecule has 30 heavy (non-hydrogen) atoms. The second kappa shape index (κ2) is 8.39. The summed E-state index contributed by atoms with van der Waals surface area (Å²) >= 11 is 6.03. The predicted octanol–water partition coefficient (Wildman–Crippen LogP) is 5.52. The first-order valence-electron chi connectivity index (χ1n) is 9.41. The molecule has 1 atom stereocenters. The van der Waals surface area contributed by atoms with E-state index in [0.29, 0.717) is 16.3 Å². The topological polar surface area (TPSA) is 57.6 Å². The van der Waals surface area contributed by atoms with Crippen LogP contribution < -0.4 is 4.90 Å². The summed E-state index contributed by atoms with van der Waals surface area (Å²) in [6.45, 7) is 0. The highest BCUT2D eigenvalue weighted by Crippen LogP contribution is 2.41. The Morgan fingerprint density at radius 2 is 1.50 bits per heavy atom. The number of benzene rings is 3. The average molecular weight is 416 g/mol. The number of rotatable bonds is 5. The second-order valence-corrected chi connectivity index (χ2v) is 7.27. The van der Waals surface area contributed by atoms with Crippen LogP contribution in [0.2, 0.25) is 5.02 Å². The maximum Gasteiger partial charge on any atom is 0.294 e. The SMILES string of the molecule is O=C(/C=C/c1ccccc1)C1=C(O)C(=O)N(c2ccccc2)C1c1ccc(Cl)cc1. The fourth-order valence-corrected chi connectivity index (χ4v) is 3.62. The third-order valence-electron chi connectivity index (χ3n) is 4.92. The van der Waals surface area contributed by atoms with E-state index < -0.39 is 23.5 Å². The van der Waals surface area contributed by atoms with E-state index >= 15 is 0 Å². The molecule has 0 aliphatic carbocycles. The van der Waals surface area contributed by atoms with Gasteiger partial charge >= 0.3 is 0 Å². The molecule has 1 aliphatic heterocycles. The Morgan fingerprint density at radius 1 is 0.900 bits per heavy atom. The Morgan fingerprint density at radius 3 is 2.13 bits per heavy atom. The number of anilines is 1. The van der Waals surface area contributed by atoms with Crippen molar-refractivity contribution in [2.24, 2.45) is 0 Å². The van der Waals surface area contributed by atoms with Gasteiger partial charge in [0.25, 0.3) is 5.91 Å². The number of amides is 1. The number of allylic oxidation sites excluding steroid dienone is 1. The number of aliphatic hydroxyl groups is 1. The zero-order valence-electron chi connectivity index (χ0n) is 15.9. The fourth-order valence-electron chi connectivity index (χ4n) is 3.50. The largest absolute Gasteiger partial charge is 0.503 e. The van der Waals surface area contributed by atoms with Crippen LogP contribution >= 0.6 is 11.6 Å². The number of ketones is 1. The molecule has 3 aromatic carbocycles. The van der Waals surface area contributed by atoms with Crippen LogP contribution in [0.15, 0.2) is 102 Å². The summed E-state index contributed by atoms with van der Waals surface area (Å²) in [5.74, 6) is -1.58. The lowest BCUT2D eigenvalue weighted by Gasteiger charge is -2.26. The Kier molecular flexibility index (Phi) is 5.50. The van der Waals surface area contributed by atoms with E-state index in [1.807, 2.05) is 36.4 Å². The van der Waals surface area contributed by atoms with Gasteiger partial charge in [-0.25, -0.2) is 0 Å². The molecule has 0 radical (unpaired) electrons. The van der Waals surface area contributed by atoms with Gasteiger partial charge in [0.15, 0.2) is 11.5 Å². The highest BCUT2D eigenvalue weighted by Gasteiger charge is 2.43. The number of hydrogen-bond donors (Lipinski definition) is 1. The van der Waals surface area contributed by atoms with Gasteiger partial charge in [0.05, 0.1) is 11.6 Å². The van der Waals surface area contributed by atoms with Gasteiger partial charge < -0.3 is 5.11 Å². The molecule has 4 nitrogen and oxygen atoms in total. The molecule has 4 rings (SSSR count). The molecule has 5 heteroatoms. The molecule has 1 heterocycles.